The maximum atomic E-state index is 14.9. The summed E-state index contributed by atoms with van der Waals surface area (Å²) in [5.74, 6) is -4.07. The summed E-state index contributed by atoms with van der Waals surface area (Å²) in [5.41, 5.74) is 1.25. The summed E-state index contributed by atoms with van der Waals surface area (Å²) in [5, 5.41) is 6.27. The van der Waals surface area contributed by atoms with E-state index >= 15 is 0 Å². The highest BCUT2D eigenvalue weighted by atomic mass is 19.3. The van der Waals surface area contributed by atoms with Crippen molar-refractivity contribution in [2.75, 3.05) is 48.9 Å². The lowest BCUT2D eigenvalue weighted by Gasteiger charge is -2.32. The van der Waals surface area contributed by atoms with Gasteiger partial charge >= 0.3 is 5.92 Å². The van der Waals surface area contributed by atoms with Gasteiger partial charge in [0.2, 0.25) is 5.95 Å². The van der Waals surface area contributed by atoms with E-state index in [9.17, 15) is 18.4 Å². The molecule has 2 aromatic rings. The van der Waals surface area contributed by atoms with Gasteiger partial charge in [0.15, 0.2) is 5.82 Å². The third-order valence-corrected chi connectivity index (χ3v) is 8.77. The number of carbonyl (C=O) groups is 2. The monoisotopic (exact) mass is 569 g/mol. The zero-order valence-electron chi connectivity index (χ0n) is 23.5. The number of fused-ring (bicyclic) bond motifs is 1. The van der Waals surface area contributed by atoms with Crippen LogP contribution in [-0.2, 0) is 4.79 Å². The third-order valence-electron chi connectivity index (χ3n) is 8.77. The second kappa shape index (κ2) is 11.0. The highest BCUT2D eigenvalue weighted by Crippen LogP contribution is 2.40. The summed E-state index contributed by atoms with van der Waals surface area (Å²) in [6.07, 6.45) is 9.28. The van der Waals surface area contributed by atoms with Crippen LogP contribution in [0.15, 0.2) is 24.4 Å². The number of rotatable bonds is 7. The van der Waals surface area contributed by atoms with E-state index in [-0.39, 0.29) is 29.6 Å². The molecule has 3 fully saturated rings. The minimum atomic E-state index is -3.54. The van der Waals surface area contributed by atoms with Crippen molar-refractivity contribution in [3.8, 4) is 5.75 Å². The highest BCUT2D eigenvalue weighted by Gasteiger charge is 2.48. The van der Waals surface area contributed by atoms with Crippen LogP contribution in [0.1, 0.15) is 61.7 Å². The average Bonchev–Trinajstić information content (AvgIpc) is 3.69. The molecule has 1 aromatic carbocycles. The van der Waals surface area contributed by atoms with Gasteiger partial charge in [0, 0.05) is 43.8 Å². The Morgan fingerprint density at radius 2 is 1.80 bits per heavy atom. The Hall–Kier alpha value is -3.54. The van der Waals surface area contributed by atoms with Gasteiger partial charge in [-0.1, -0.05) is 12.8 Å². The van der Waals surface area contributed by atoms with E-state index in [1.807, 2.05) is 0 Å². The molecule has 2 aliphatic heterocycles. The van der Waals surface area contributed by atoms with Crippen LogP contribution >= 0.6 is 0 Å². The number of hydrogen-bond donors (Lipinski definition) is 2. The first kappa shape index (κ1) is 27.6. The molecule has 1 aromatic heterocycles. The highest BCUT2D eigenvalue weighted by molar-refractivity contribution is 6.02. The van der Waals surface area contributed by atoms with Crippen molar-refractivity contribution < 1.29 is 23.1 Å². The molecule has 2 amide bonds. The van der Waals surface area contributed by atoms with Crippen LogP contribution in [-0.4, -0.2) is 84.5 Å². The molecule has 6 rings (SSSR count). The van der Waals surface area contributed by atoms with E-state index in [0.29, 0.717) is 22.8 Å². The number of anilines is 4. The fourth-order valence-corrected chi connectivity index (χ4v) is 6.28. The Morgan fingerprint density at radius 3 is 2.49 bits per heavy atom. The zero-order valence-corrected chi connectivity index (χ0v) is 23.5. The molecule has 3 heterocycles. The van der Waals surface area contributed by atoms with Crippen molar-refractivity contribution in [3.63, 3.8) is 0 Å². The second-order valence-corrected chi connectivity index (χ2v) is 11.6. The molecule has 41 heavy (non-hydrogen) atoms. The Morgan fingerprint density at radius 1 is 1.07 bits per heavy atom. The van der Waals surface area contributed by atoms with Gasteiger partial charge in [0.1, 0.15) is 11.4 Å². The lowest BCUT2D eigenvalue weighted by atomic mass is 10.0. The van der Waals surface area contributed by atoms with Gasteiger partial charge in [-0.05, 0) is 56.7 Å². The Kier molecular flexibility index (Phi) is 7.43. The smallest absolute Gasteiger partial charge is 0.342 e. The fourth-order valence-electron chi connectivity index (χ4n) is 6.28. The van der Waals surface area contributed by atoms with Crippen LogP contribution in [0.4, 0.5) is 31.9 Å². The minimum absolute atomic E-state index is 0.130. The molecule has 2 aliphatic carbocycles. The van der Waals surface area contributed by atoms with Crippen LogP contribution < -0.4 is 25.2 Å². The number of halogens is 2. The number of alkyl halides is 2. The van der Waals surface area contributed by atoms with Crippen molar-refractivity contribution >= 4 is 35.0 Å². The number of ether oxygens (including phenoxy) is 1. The number of carbonyl (C=O) groups excluding carboxylic acids is 2. The molecule has 0 spiro atoms. The lowest BCUT2D eigenvalue weighted by molar-refractivity contribution is -0.140. The average molecular weight is 570 g/mol. The predicted molar refractivity (Wildman–Crippen MR) is 151 cm³/mol. The molecular weight excluding hydrogens is 532 g/mol. The number of benzene rings is 1. The minimum Gasteiger partial charge on any atom is -0.495 e. The van der Waals surface area contributed by atoms with Crippen LogP contribution in [0.2, 0.25) is 0 Å². The molecular formula is C29H37F2N7O3. The van der Waals surface area contributed by atoms with Crippen LogP contribution in [0.3, 0.4) is 0 Å². The first-order valence-corrected chi connectivity index (χ1v) is 14.5. The summed E-state index contributed by atoms with van der Waals surface area (Å²) >= 11 is 0. The second-order valence-electron chi connectivity index (χ2n) is 11.6. The summed E-state index contributed by atoms with van der Waals surface area (Å²) in [6.45, 7) is 1.31. The normalized spacial score (nSPS) is 21.9. The first-order valence-electron chi connectivity index (χ1n) is 14.5. The van der Waals surface area contributed by atoms with Crippen molar-refractivity contribution in [3.05, 3.63) is 30.0 Å². The van der Waals surface area contributed by atoms with Gasteiger partial charge in [0.05, 0.1) is 25.5 Å². The number of likely N-dealkylation sites (tertiary alicyclic amines) is 1. The number of piperidine rings is 1. The molecule has 0 bridgehead atoms. The van der Waals surface area contributed by atoms with E-state index in [0.717, 1.165) is 62.6 Å². The number of nitrogens with one attached hydrogen (secondary N) is 2. The summed E-state index contributed by atoms with van der Waals surface area (Å²) in [6, 6.07) is 5.86. The van der Waals surface area contributed by atoms with Gasteiger partial charge in [-0.25, -0.2) is 4.98 Å². The number of methoxy groups -OCH3 is 1. The fraction of sp³-hybridized carbons (Fsp3) is 0.586. The van der Waals surface area contributed by atoms with Crippen LogP contribution in [0.25, 0.3) is 0 Å². The Labute approximate surface area is 238 Å². The van der Waals surface area contributed by atoms with Crippen LogP contribution in [0, 0.1) is 0 Å². The van der Waals surface area contributed by atoms with Gasteiger partial charge < -0.3 is 30.1 Å². The summed E-state index contributed by atoms with van der Waals surface area (Å²) in [4.78, 5) is 39.5. The predicted octanol–water partition coefficient (Wildman–Crippen LogP) is 3.95. The largest absolute Gasteiger partial charge is 0.495 e. The molecule has 12 heteroatoms. The van der Waals surface area contributed by atoms with Gasteiger partial charge in [-0.3, -0.25) is 9.59 Å². The summed E-state index contributed by atoms with van der Waals surface area (Å²) in [7, 11) is 2.84. The van der Waals surface area contributed by atoms with Crippen molar-refractivity contribution in [1.29, 1.82) is 0 Å². The zero-order chi connectivity index (χ0) is 28.7. The van der Waals surface area contributed by atoms with E-state index in [4.69, 9.17) is 4.74 Å². The topological polar surface area (TPSA) is 103 Å². The van der Waals surface area contributed by atoms with Crippen LogP contribution in [0.5, 0.6) is 5.75 Å². The maximum Gasteiger partial charge on any atom is 0.342 e. The standard InChI is InChI=1S/C29H37F2N7O3/c1-36-23-16-32-28(35-25(23)38(21-5-3-4-6-21)17-29(30,31)27(36)40)34-22-10-7-18(15-24(22)41-2)26(39)33-19-11-13-37(14-12-19)20-8-9-20/h7,10,15-16,19-21H,3-6,8-9,11-14,17H2,1-2H3,(H,33,39)(H,32,34,35). The molecule has 1 saturated heterocycles. The van der Waals surface area contributed by atoms with Crippen molar-refractivity contribution in [1.82, 2.24) is 20.2 Å². The molecule has 2 saturated carbocycles. The van der Waals surface area contributed by atoms with Gasteiger partial charge in [0.25, 0.3) is 11.8 Å². The third kappa shape index (κ3) is 5.66. The number of nitrogens with zero attached hydrogens (tertiary/aromatic N) is 5. The van der Waals surface area contributed by atoms with E-state index in [2.05, 4.69) is 25.5 Å². The molecule has 220 valence electrons. The Balaban J connectivity index is 1.20. The molecule has 4 aliphatic rings. The quantitative estimate of drug-likeness (QED) is 0.517. The van der Waals surface area contributed by atoms with E-state index < -0.39 is 18.4 Å². The number of aromatic nitrogens is 2. The molecule has 2 N–H and O–H groups in total. The Bertz CT molecular complexity index is 1310. The number of hydrogen-bond acceptors (Lipinski definition) is 8. The van der Waals surface area contributed by atoms with E-state index in [1.165, 1.54) is 33.2 Å². The van der Waals surface area contributed by atoms with E-state index in [1.54, 1.807) is 23.1 Å². The molecule has 10 nitrogen and oxygen atoms in total. The molecule has 0 radical (unpaired) electrons. The first-order chi connectivity index (χ1) is 19.7. The lowest BCUT2D eigenvalue weighted by Crippen LogP contribution is -2.48. The van der Waals surface area contributed by atoms with Crippen molar-refractivity contribution in [2.45, 2.75) is 75.4 Å². The molecule has 0 atom stereocenters. The maximum absolute atomic E-state index is 14.9. The SMILES string of the molecule is COc1cc(C(=O)NC2CCN(C3CC3)CC2)ccc1Nc1ncc2c(n1)N(C1CCCC1)CC(F)(F)C(=O)N2C. The van der Waals surface area contributed by atoms with Crippen molar-refractivity contribution in [2.24, 2.45) is 0 Å². The number of amides is 2. The summed E-state index contributed by atoms with van der Waals surface area (Å²) < 4.78 is 35.3. The molecule has 0 unspecified atom stereocenters. The van der Waals surface area contributed by atoms with Gasteiger partial charge in [-0.15, -0.1) is 0 Å². The van der Waals surface area contributed by atoms with Gasteiger partial charge in [-0.2, -0.15) is 13.8 Å².